The molecule has 0 aliphatic rings. The van der Waals surface area contributed by atoms with Gasteiger partial charge in [0, 0.05) is 19.0 Å². The first kappa shape index (κ1) is 31.2. The molecular formula is C28H37N3O8. The summed E-state index contributed by atoms with van der Waals surface area (Å²) in [6.45, 7) is 8.85. The Labute approximate surface area is 228 Å². The van der Waals surface area contributed by atoms with Crippen LogP contribution in [0.4, 0.5) is 10.5 Å². The molecule has 1 unspecified atom stereocenters. The van der Waals surface area contributed by atoms with E-state index >= 15 is 0 Å². The third-order valence-electron chi connectivity index (χ3n) is 5.75. The Hall–Kier alpha value is -3.99. The number of nitro groups is 1. The maximum absolute atomic E-state index is 13.2. The molecule has 0 bridgehead atoms. The third-order valence-corrected chi connectivity index (χ3v) is 5.75. The number of amides is 2. The summed E-state index contributed by atoms with van der Waals surface area (Å²) in [5.41, 5.74) is 2.43. The fourth-order valence-corrected chi connectivity index (χ4v) is 3.95. The van der Waals surface area contributed by atoms with E-state index in [1.165, 1.54) is 11.0 Å². The second-order valence-electron chi connectivity index (χ2n) is 9.50. The van der Waals surface area contributed by atoms with Crippen LogP contribution in [0.3, 0.4) is 0 Å². The minimum atomic E-state index is -1.56. The van der Waals surface area contributed by atoms with Gasteiger partial charge in [-0.05, 0) is 43.9 Å². The highest BCUT2D eigenvalue weighted by Gasteiger charge is 2.29. The lowest BCUT2D eigenvalue weighted by atomic mass is 9.98. The van der Waals surface area contributed by atoms with Crippen LogP contribution in [0.1, 0.15) is 38.8 Å². The Morgan fingerprint density at radius 1 is 1.00 bits per heavy atom. The molecule has 0 radical (unpaired) electrons. The van der Waals surface area contributed by atoms with Gasteiger partial charge in [0.15, 0.2) is 6.10 Å². The molecule has 2 rings (SSSR count). The van der Waals surface area contributed by atoms with Gasteiger partial charge in [-0.1, -0.05) is 49.7 Å². The molecule has 2 atom stereocenters. The number of benzene rings is 2. The van der Waals surface area contributed by atoms with Crippen molar-refractivity contribution in [2.45, 2.75) is 53.2 Å². The van der Waals surface area contributed by atoms with Gasteiger partial charge >= 0.3 is 18.0 Å². The Kier molecular flexibility index (Phi) is 11.9. The van der Waals surface area contributed by atoms with Crippen LogP contribution in [0.15, 0.2) is 42.5 Å². The fourth-order valence-electron chi connectivity index (χ4n) is 3.95. The molecular weight excluding hydrogens is 506 g/mol. The molecule has 0 spiro atoms. The predicted molar refractivity (Wildman–Crippen MR) is 145 cm³/mol. The first-order valence-corrected chi connectivity index (χ1v) is 12.9. The summed E-state index contributed by atoms with van der Waals surface area (Å²) in [5, 5.41) is 24.7. The van der Waals surface area contributed by atoms with E-state index in [2.05, 4.69) is 5.32 Å². The van der Waals surface area contributed by atoms with Crippen molar-refractivity contribution in [3.05, 3.63) is 63.7 Å². The normalized spacial score (nSPS) is 12.4. The number of ether oxygens (including phenoxy) is 2. The molecule has 0 saturated heterocycles. The van der Waals surface area contributed by atoms with Crippen LogP contribution in [0.5, 0.6) is 0 Å². The number of carbonyl (C=O) groups excluding carboxylic acids is 3. The van der Waals surface area contributed by atoms with Crippen molar-refractivity contribution in [2.75, 3.05) is 26.3 Å². The number of aliphatic hydroxyl groups excluding tert-OH is 1. The molecule has 0 aromatic heterocycles. The molecule has 0 aliphatic heterocycles. The molecule has 0 aliphatic carbocycles. The van der Waals surface area contributed by atoms with Gasteiger partial charge in [-0.25, -0.2) is 14.4 Å². The minimum Gasteiger partial charge on any atom is -0.464 e. The van der Waals surface area contributed by atoms with E-state index in [1.54, 1.807) is 38.1 Å². The first-order chi connectivity index (χ1) is 18.5. The van der Waals surface area contributed by atoms with Crippen molar-refractivity contribution in [1.82, 2.24) is 10.2 Å². The van der Waals surface area contributed by atoms with Gasteiger partial charge in [0.25, 0.3) is 5.69 Å². The van der Waals surface area contributed by atoms with Crippen molar-refractivity contribution in [2.24, 2.45) is 5.92 Å². The molecule has 11 nitrogen and oxygen atoms in total. The van der Waals surface area contributed by atoms with Crippen molar-refractivity contribution in [3.8, 4) is 11.1 Å². The summed E-state index contributed by atoms with van der Waals surface area (Å²) < 4.78 is 9.96. The number of nitrogens with zero attached hydrogens (tertiary/aromatic N) is 2. The fraction of sp³-hybridized carbons (Fsp3) is 0.464. The number of urea groups is 1. The second kappa shape index (κ2) is 14.8. The summed E-state index contributed by atoms with van der Waals surface area (Å²) in [7, 11) is 0. The SMILES string of the molecule is CCOC(=O)C(O)CN(CC(C)C)C(=O)N[C@@H](Cc1ccc(-c2ccc(C)cc2)c([N+](=O)[O-])c1)C(=O)OCC. The van der Waals surface area contributed by atoms with Gasteiger partial charge in [-0.2, -0.15) is 0 Å². The van der Waals surface area contributed by atoms with Crippen LogP contribution in [0, 0.1) is 23.0 Å². The van der Waals surface area contributed by atoms with Crippen molar-refractivity contribution >= 4 is 23.7 Å². The Morgan fingerprint density at radius 2 is 1.62 bits per heavy atom. The molecule has 2 aromatic rings. The Bertz CT molecular complexity index is 1150. The zero-order valence-electron chi connectivity index (χ0n) is 23.0. The summed E-state index contributed by atoms with van der Waals surface area (Å²) >= 11 is 0. The highest BCUT2D eigenvalue weighted by atomic mass is 16.6. The lowest BCUT2D eigenvalue weighted by molar-refractivity contribution is -0.384. The zero-order valence-corrected chi connectivity index (χ0v) is 23.0. The van der Waals surface area contributed by atoms with Crippen molar-refractivity contribution in [1.29, 1.82) is 0 Å². The zero-order chi connectivity index (χ0) is 29.1. The van der Waals surface area contributed by atoms with Crippen LogP contribution in [0.25, 0.3) is 11.1 Å². The average molecular weight is 544 g/mol. The van der Waals surface area contributed by atoms with E-state index in [0.29, 0.717) is 16.7 Å². The van der Waals surface area contributed by atoms with E-state index in [9.17, 15) is 29.6 Å². The monoisotopic (exact) mass is 543 g/mol. The lowest BCUT2D eigenvalue weighted by Crippen LogP contribution is -2.52. The predicted octanol–water partition coefficient (Wildman–Crippen LogP) is 3.64. The number of esters is 2. The van der Waals surface area contributed by atoms with E-state index in [1.807, 2.05) is 32.9 Å². The molecule has 212 valence electrons. The van der Waals surface area contributed by atoms with Crippen LogP contribution < -0.4 is 5.32 Å². The number of aliphatic hydroxyl groups is 1. The summed E-state index contributed by atoms with van der Waals surface area (Å²) in [6, 6.07) is 10.1. The maximum Gasteiger partial charge on any atom is 0.336 e. The lowest BCUT2D eigenvalue weighted by Gasteiger charge is -2.28. The van der Waals surface area contributed by atoms with Gasteiger partial charge in [0.05, 0.1) is 30.2 Å². The maximum atomic E-state index is 13.2. The topological polar surface area (TPSA) is 148 Å². The van der Waals surface area contributed by atoms with Crippen molar-refractivity contribution < 1.29 is 33.9 Å². The molecule has 39 heavy (non-hydrogen) atoms. The molecule has 2 aromatic carbocycles. The highest BCUT2D eigenvalue weighted by molar-refractivity contribution is 5.84. The number of rotatable bonds is 13. The van der Waals surface area contributed by atoms with E-state index in [0.717, 1.165) is 5.56 Å². The minimum absolute atomic E-state index is 0.0110. The molecule has 0 fully saturated rings. The largest absolute Gasteiger partial charge is 0.464 e. The quantitative estimate of drug-likeness (QED) is 0.221. The number of carbonyl (C=O) groups is 3. The number of nitrogens with one attached hydrogen (secondary N) is 1. The van der Waals surface area contributed by atoms with Crippen LogP contribution >= 0.6 is 0 Å². The average Bonchev–Trinajstić information content (AvgIpc) is 2.88. The number of nitro benzene ring substituents is 1. The van der Waals surface area contributed by atoms with E-state index in [-0.39, 0.29) is 44.3 Å². The van der Waals surface area contributed by atoms with Gasteiger partial charge < -0.3 is 24.8 Å². The standard InChI is InChI=1S/C28H37N3O8/c1-6-38-26(33)23(29-28(35)30(16-18(3)4)17-25(32)27(34)39-7-2)14-20-10-13-22(24(15-20)31(36)37)21-11-8-19(5)9-12-21/h8-13,15,18,23,25,32H,6-7,14,16-17H2,1-5H3,(H,29,35)/t23-,25?/m0/s1. The number of aryl methyl sites for hydroxylation is 1. The summed E-state index contributed by atoms with van der Waals surface area (Å²) in [6.07, 6.45) is -1.64. The second-order valence-corrected chi connectivity index (χ2v) is 9.50. The molecule has 0 heterocycles. The highest BCUT2D eigenvalue weighted by Crippen LogP contribution is 2.31. The molecule has 0 saturated carbocycles. The van der Waals surface area contributed by atoms with Crippen LogP contribution in [0.2, 0.25) is 0 Å². The van der Waals surface area contributed by atoms with Gasteiger partial charge in [0.1, 0.15) is 6.04 Å². The van der Waals surface area contributed by atoms with Gasteiger partial charge in [0.2, 0.25) is 0 Å². The van der Waals surface area contributed by atoms with Crippen LogP contribution in [-0.4, -0.2) is 71.3 Å². The van der Waals surface area contributed by atoms with Gasteiger partial charge in [-0.15, -0.1) is 0 Å². The van der Waals surface area contributed by atoms with Gasteiger partial charge in [-0.3, -0.25) is 10.1 Å². The molecule has 2 N–H and O–H groups in total. The number of hydrogen-bond acceptors (Lipinski definition) is 8. The Balaban J connectivity index is 2.32. The summed E-state index contributed by atoms with van der Waals surface area (Å²) in [5.74, 6) is -1.59. The van der Waals surface area contributed by atoms with Crippen LogP contribution in [-0.2, 0) is 25.5 Å². The van der Waals surface area contributed by atoms with E-state index < -0.39 is 35.0 Å². The smallest absolute Gasteiger partial charge is 0.336 e. The summed E-state index contributed by atoms with van der Waals surface area (Å²) in [4.78, 5) is 50.5. The third kappa shape index (κ3) is 9.36. The Morgan fingerprint density at radius 3 is 2.18 bits per heavy atom. The van der Waals surface area contributed by atoms with E-state index in [4.69, 9.17) is 9.47 Å². The first-order valence-electron chi connectivity index (χ1n) is 12.9. The number of hydrogen-bond donors (Lipinski definition) is 2. The van der Waals surface area contributed by atoms with Crippen molar-refractivity contribution in [3.63, 3.8) is 0 Å². The molecule has 11 heteroatoms. The molecule has 2 amide bonds.